The lowest BCUT2D eigenvalue weighted by atomic mass is 10.1. The standard InChI is InChI=1S/C22H26N2O3S/c1-24(19-5-3-2-4-6-19)22(25)17-9-7-16(8-10-17)20-15-21(20)23-18-11-13-28(26,27)14-12-18/h2-10,18,20-21,23H,11-15H2,1H3/t20-,21+/m0/s1. The van der Waals surface area contributed by atoms with Gasteiger partial charge in [0, 0.05) is 36.3 Å². The van der Waals surface area contributed by atoms with Gasteiger partial charge in [0.15, 0.2) is 0 Å². The number of rotatable bonds is 5. The summed E-state index contributed by atoms with van der Waals surface area (Å²) in [4.78, 5) is 14.3. The second-order valence-corrected chi connectivity index (χ2v) is 10.2. The first kappa shape index (κ1) is 19.2. The second kappa shape index (κ2) is 7.68. The minimum absolute atomic E-state index is 0.0216. The lowest BCUT2D eigenvalue weighted by Crippen LogP contribution is -2.39. The van der Waals surface area contributed by atoms with Crippen molar-refractivity contribution in [2.45, 2.75) is 37.3 Å². The number of sulfone groups is 1. The molecule has 0 aromatic heterocycles. The number of carbonyl (C=O) groups excluding carboxylic acids is 1. The normalized spacial score (nSPS) is 23.9. The van der Waals surface area contributed by atoms with E-state index in [4.69, 9.17) is 0 Å². The highest BCUT2D eigenvalue weighted by atomic mass is 32.2. The minimum Gasteiger partial charge on any atom is -0.311 e. The van der Waals surface area contributed by atoms with Crippen LogP contribution in [0.4, 0.5) is 5.69 Å². The molecule has 28 heavy (non-hydrogen) atoms. The van der Waals surface area contributed by atoms with Crippen LogP contribution in [-0.2, 0) is 9.84 Å². The van der Waals surface area contributed by atoms with Crippen LogP contribution in [-0.4, -0.2) is 45.0 Å². The van der Waals surface area contributed by atoms with E-state index in [1.165, 1.54) is 5.56 Å². The van der Waals surface area contributed by atoms with Crippen LogP contribution in [0.3, 0.4) is 0 Å². The molecule has 1 heterocycles. The number of amides is 1. The molecule has 6 heteroatoms. The number of carbonyl (C=O) groups is 1. The maximum absolute atomic E-state index is 12.7. The first-order chi connectivity index (χ1) is 13.4. The van der Waals surface area contributed by atoms with Gasteiger partial charge in [0.1, 0.15) is 9.84 Å². The molecule has 0 unspecified atom stereocenters. The van der Waals surface area contributed by atoms with E-state index in [9.17, 15) is 13.2 Å². The van der Waals surface area contributed by atoms with Crippen LogP contribution in [0, 0.1) is 0 Å². The van der Waals surface area contributed by atoms with Gasteiger partial charge in [-0.15, -0.1) is 0 Å². The number of benzene rings is 2. The molecule has 148 valence electrons. The zero-order chi connectivity index (χ0) is 19.7. The SMILES string of the molecule is CN(C(=O)c1ccc([C@@H]2C[C@H]2NC2CCS(=O)(=O)CC2)cc1)c1ccccc1. The summed E-state index contributed by atoms with van der Waals surface area (Å²) in [7, 11) is -1.02. The first-order valence-corrected chi connectivity index (χ1v) is 11.6. The molecule has 1 N–H and O–H groups in total. The number of nitrogens with one attached hydrogen (secondary N) is 1. The smallest absolute Gasteiger partial charge is 0.258 e. The Morgan fingerprint density at radius 1 is 1.00 bits per heavy atom. The first-order valence-electron chi connectivity index (χ1n) is 9.82. The van der Waals surface area contributed by atoms with Crippen LogP contribution in [0.2, 0.25) is 0 Å². The van der Waals surface area contributed by atoms with Crippen LogP contribution in [0.25, 0.3) is 0 Å². The van der Waals surface area contributed by atoms with Crippen molar-refractivity contribution in [3.8, 4) is 0 Å². The van der Waals surface area contributed by atoms with Crippen LogP contribution < -0.4 is 10.2 Å². The third-order valence-electron chi connectivity index (χ3n) is 5.83. The largest absolute Gasteiger partial charge is 0.311 e. The van der Waals surface area contributed by atoms with Crippen LogP contribution in [0.15, 0.2) is 54.6 Å². The quantitative estimate of drug-likeness (QED) is 0.841. The molecule has 1 saturated heterocycles. The fraction of sp³-hybridized carbons (Fsp3) is 0.409. The van der Waals surface area contributed by atoms with Gasteiger partial charge in [-0.3, -0.25) is 4.79 Å². The molecule has 2 aromatic carbocycles. The van der Waals surface area contributed by atoms with E-state index in [2.05, 4.69) is 5.32 Å². The van der Waals surface area contributed by atoms with Gasteiger partial charge >= 0.3 is 0 Å². The van der Waals surface area contributed by atoms with Crippen molar-refractivity contribution in [1.82, 2.24) is 5.32 Å². The topological polar surface area (TPSA) is 66.5 Å². The van der Waals surface area contributed by atoms with E-state index in [0.717, 1.165) is 12.1 Å². The molecule has 1 aliphatic carbocycles. The molecule has 2 aromatic rings. The third-order valence-corrected chi connectivity index (χ3v) is 7.54. The Balaban J connectivity index is 1.34. The summed E-state index contributed by atoms with van der Waals surface area (Å²) in [6, 6.07) is 18.2. The van der Waals surface area contributed by atoms with E-state index < -0.39 is 9.84 Å². The maximum Gasteiger partial charge on any atom is 0.258 e. The summed E-state index contributed by atoms with van der Waals surface area (Å²) in [6.45, 7) is 0. The molecule has 4 rings (SSSR count). The number of hydrogen-bond donors (Lipinski definition) is 1. The summed E-state index contributed by atoms with van der Waals surface area (Å²) in [5.41, 5.74) is 2.79. The van der Waals surface area contributed by atoms with Gasteiger partial charge < -0.3 is 10.2 Å². The van der Waals surface area contributed by atoms with Crippen molar-refractivity contribution in [2.75, 3.05) is 23.5 Å². The van der Waals surface area contributed by atoms with Gasteiger partial charge in [-0.2, -0.15) is 0 Å². The Morgan fingerprint density at radius 3 is 2.29 bits per heavy atom. The Labute approximate surface area is 166 Å². The van der Waals surface area contributed by atoms with Gasteiger partial charge in [0.2, 0.25) is 0 Å². The van der Waals surface area contributed by atoms with E-state index in [0.29, 0.717) is 47.9 Å². The fourth-order valence-corrected chi connectivity index (χ4v) is 5.43. The molecule has 0 bridgehead atoms. The molecule has 1 saturated carbocycles. The monoisotopic (exact) mass is 398 g/mol. The molecule has 0 radical (unpaired) electrons. The highest BCUT2D eigenvalue weighted by Crippen LogP contribution is 2.41. The van der Waals surface area contributed by atoms with E-state index in [-0.39, 0.29) is 5.91 Å². The van der Waals surface area contributed by atoms with E-state index in [1.54, 1.807) is 11.9 Å². The Hall–Kier alpha value is -2.18. The maximum atomic E-state index is 12.7. The lowest BCUT2D eigenvalue weighted by Gasteiger charge is -2.23. The average molecular weight is 399 g/mol. The van der Waals surface area contributed by atoms with Crippen molar-refractivity contribution < 1.29 is 13.2 Å². The van der Waals surface area contributed by atoms with Crippen molar-refractivity contribution >= 4 is 21.4 Å². The predicted molar refractivity (Wildman–Crippen MR) is 112 cm³/mol. The molecule has 1 aliphatic heterocycles. The highest BCUT2D eigenvalue weighted by Gasteiger charge is 2.40. The third kappa shape index (κ3) is 4.28. The van der Waals surface area contributed by atoms with Crippen molar-refractivity contribution in [2.24, 2.45) is 0 Å². The van der Waals surface area contributed by atoms with Gasteiger partial charge in [0.25, 0.3) is 5.91 Å². The Morgan fingerprint density at radius 2 is 1.64 bits per heavy atom. The summed E-state index contributed by atoms with van der Waals surface area (Å²) >= 11 is 0. The summed E-state index contributed by atoms with van der Waals surface area (Å²) in [6.07, 6.45) is 2.50. The fourth-order valence-electron chi connectivity index (χ4n) is 3.94. The molecular formula is C22H26N2O3S. The molecular weight excluding hydrogens is 372 g/mol. The minimum atomic E-state index is -2.81. The molecule has 2 aliphatic rings. The lowest BCUT2D eigenvalue weighted by molar-refractivity contribution is 0.0993. The van der Waals surface area contributed by atoms with Crippen LogP contribution >= 0.6 is 0 Å². The molecule has 1 amide bonds. The number of hydrogen-bond acceptors (Lipinski definition) is 4. The van der Waals surface area contributed by atoms with Gasteiger partial charge in [-0.25, -0.2) is 8.42 Å². The van der Waals surface area contributed by atoms with Crippen molar-refractivity contribution in [3.05, 3.63) is 65.7 Å². The van der Waals surface area contributed by atoms with E-state index >= 15 is 0 Å². The Bertz CT molecular complexity index is 928. The van der Waals surface area contributed by atoms with Crippen LogP contribution in [0.5, 0.6) is 0 Å². The molecule has 2 fully saturated rings. The Kier molecular flexibility index (Phi) is 5.25. The zero-order valence-corrected chi connectivity index (χ0v) is 16.9. The van der Waals surface area contributed by atoms with Crippen LogP contribution in [0.1, 0.15) is 41.1 Å². The van der Waals surface area contributed by atoms with Gasteiger partial charge in [-0.05, 0) is 49.1 Å². The van der Waals surface area contributed by atoms with E-state index in [1.807, 2.05) is 54.6 Å². The second-order valence-electron chi connectivity index (χ2n) is 7.86. The van der Waals surface area contributed by atoms with Gasteiger partial charge in [0.05, 0.1) is 11.5 Å². The number of para-hydroxylation sites is 1. The predicted octanol–water partition coefficient (Wildman–Crippen LogP) is 2.99. The average Bonchev–Trinajstić information content (AvgIpc) is 3.48. The molecule has 0 spiro atoms. The van der Waals surface area contributed by atoms with Crippen molar-refractivity contribution in [1.29, 1.82) is 0 Å². The zero-order valence-electron chi connectivity index (χ0n) is 16.0. The van der Waals surface area contributed by atoms with Gasteiger partial charge in [-0.1, -0.05) is 30.3 Å². The molecule has 5 nitrogen and oxygen atoms in total. The highest BCUT2D eigenvalue weighted by molar-refractivity contribution is 7.91. The summed E-state index contributed by atoms with van der Waals surface area (Å²) in [5.74, 6) is 1.03. The summed E-state index contributed by atoms with van der Waals surface area (Å²) in [5, 5.41) is 3.62. The molecule has 2 atom stereocenters. The van der Waals surface area contributed by atoms with Crippen molar-refractivity contribution in [3.63, 3.8) is 0 Å². The number of nitrogens with zero attached hydrogens (tertiary/aromatic N) is 1. The number of anilines is 1. The summed E-state index contributed by atoms with van der Waals surface area (Å²) < 4.78 is 23.1.